The van der Waals surface area contributed by atoms with Crippen LogP contribution < -0.4 is 9.47 Å². The monoisotopic (exact) mass is 382 g/mol. The molecule has 0 fully saturated rings. The van der Waals surface area contributed by atoms with E-state index >= 15 is 0 Å². The van der Waals surface area contributed by atoms with Crippen molar-refractivity contribution in [3.8, 4) is 11.5 Å². The largest absolute Gasteiger partial charge is 0.493 e. The Hall–Kier alpha value is -3.35. The lowest BCUT2D eigenvalue weighted by Crippen LogP contribution is -2.28. The van der Waals surface area contributed by atoms with Gasteiger partial charge in [-0.15, -0.1) is 0 Å². The van der Waals surface area contributed by atoms with E-state index in [0.717, 1.165) is 11.3 Å². The normalized spacial score (nSPS) is 13.1. The van der Waals surface area contributed by atoms with E-state index in [4.69, 9.17) is 14.2 Å². The van der Waals surface area contributed by atoms with Crippen LogP contribution in [0.25, 0.3) is 0 Å². The summed E-state index contributed by atoms with van der Waals surface area (Å²) in [5.41, 5.74) is 2.11. The molecule has 0 aliphatic carbocycles. The number of esters is 1. The molecular weight excluding hydrogens is 360 g/mol. The predicted molar refractivity (Wildman–Crippen MR) is 104 cm³/mol. The first-order chi connectivity index (χ1) is 13.6. The Morgan fingerprint density at radius 3 is 2.61 bits per heavy atom. The highest BCUT2D eigenvalue weighted by atomic mass is 16.5. The zero-order valence-corrected chi connectivity index (χ0v) is 15.9. The van der Waals surface area contributed by atoms with Crippen LogP contribution in [0.15, 0.2) is 53.6 Å². The van der Waals surface area contributed by atoms with Crippen LogP contribution in [-0.2, 0) is 9.53 Å². The smallest absolute Gasteiger partial charge is 0.338 e. The first-order valence-electron chi connectivity index (χ1n) is 9.03. The minimum atomic E-state index is -0.608. The molecule has 0 radical (unpaired) electrons. The topological polar surface area (TPSA) is 77.4 Å². The first kappa shape index (κ1) is 19.4. The molecule has 0 spiro atoms. The molecule has 2 aromatic rings. The maximum atomic E-state index is 12.3. The summed E-state index contributed by atoms with van der Waals surface area (Å²) in [6, 6.07) is 14.4. The minimum Gasteiger partial charge on any atom is -0.493 e. The van der Waals surface area contributed by atoms with Gasteiger partial charge in [0.15, 0.2) is 18.1 Å². The molecule has 0 atom stereocenters. The van der Waals surface area contributed by atoms with Gasteiger partial charge in [-0.2, -0.15) is 5.10 Å². The summed E-state index contributed by atoms with van der Waals surface area (Å²) in [5.74, 6) is -0.00187. The fraction of sp³-hybridized carbons (Fsp3) is 0.286. The van der Waals surface area contributed by atoms with E-state index in [-0.39, 0.29) is 18.1 Å². The number of carbonyl (C=O) groups is 2. The summed E-state index contributed by atoms with van der Waals surface area (Å²) >= 11 is 0. The highest BCUT2D eigenvalue weighted by molar-refractivity contribution is 6.02. The lowest BCUT2D eigenvalue weighted by molar-refractivity contribution is -0.134. The number of amides is 1. The van der Waals surface area contributed by atoms with Crippen molar-refractivity contribution in [2.75, 3.05) is 26.9 Å². The molecular formula is C21H22N2O5. The van der Waals surface area contributed by atoms with Crippen LogP contribution in [0.5, 0.6) is 11.5 Å². The Labute approximate surface area is 163 Å². The van der Waals surface area contributed by atoms with Gasteiger partial charge in [-0.25, -0.2) is 9.80 Å². The Kier molecular flexibility index (Phi) is 6.26. The number of methoxy groups -OCH3 is 1. The Morgan fingerprint density at radius 1 is 1.11 bits per heavy atom. The second-order valence-electron chi connectivity index (χ2n) is 6.05. The van der Waals surface area contributed by atoms with Crippen LogP contribution in [0, 0.1) is 0 Å². The van der Waals surface area contributed by atoms with E-state index in [2.05, 4.69) is 5.10 Å². The van der Waals surface area contributed by atoms with Crippen molar-refractivity contribution in [3.63, 3.8) is 0 Å². The van der Waals surface area contributed by atoms with E-state index in [9.17, 15) is 9.59 Å². The number of hydrogen-bond donors (Lipinski definition) is 0. The third-order valence-corrected chi connectivity index (χ3v) is 4.22. The van der Waals surface area contributed by atoms with Crippen molar-refractivity contribution in [1.82, 2.24) is 5.01 Å². The second-order valence-corrected chi connectivity index (χ2v) is 6.05. The zero-order chi connectivity index (χ0) is 19.9. The minimum absolute atomic E-state index is 0.284. The van der Waals surface area contributed by atoms with Gasteiger partial charge in [-0.1, -0.05) is 30.3 Å². The zero-order valence-electron chi connectivity index (χ0n) is 15.9. The number of ether oxygens (including phenoxy) is 3. The third-order valence-electron chi connectivity index (χ3n) is 4.22. The van der Waals surface area contributed by atoms with Crippen LogP contribution in [0.3, 0.4) is 0 Å². The van der Waals surface area contributed by atoms with E-state index in [1.165, 1.54) is 18.2 Å². The molecule has 7 nitrogen and oxygen atoms in total. The molecule has 1 amide bonds. The molecule has 0 bridgehead atoms. The highest BCUT2D eigenvalue weighted by Crippen LogP contribution is 2.28. The van der Waals surface area contributed by atoms with Gasteiger partial charge in [0.2, 0.25) is 0 Å². The van der Waals surface area contributed by atoms with Gasteiger partial charge in [-0.3, -0.25) is 4.79 Å². The molecule has 146 valence electrons. The highest BCUT2D eigenvalue weighted by Gasteiger charge is 2.23. The Balaban J connectivity index is 1.60. The van der Waals surface area contributed by atoms with Gasteiger partial charge in [-0.05, 0) is 30.7 Å². The van der Waals surface area contributed by atoms with Crippen molar-refractivity contribution in [1.29, 1.82) is 0 Å². The number of nitrogens with zero attached hydrogens (tertiary/aromatic N) is 2. The third kappa shape index (κ3) is 4.49. The van der Waals surface area contributed by atoms with Gasteiger partial charge >= 0.3 is 5.97 Å². The molecule has 0 N–H and O–H groups in total. The number of hydrazone groups is 1. The van der Waals surface area contributed by atoms with E-state index < -0.39 is 5.97 Å². The molecule has 0 aromatic heterocycles. The van der Waals surface area contributed by atoms with Gasteiger partial charge < -0.3 is 14.2 Å². The van der Waals surface area contributed by atoms with Gasteiger partial charge in [0, 0.05) is 6.42 Å². The summed E-state index contributed by atoms with van der Waals surface area (Å²) in [4.78, 5) is 24.6. The summed E-state index contributed by atoms with van der Waals surface area (Å²) in [6.45, 7) is 2.37. The van der Waals surface area contributed by atoms with Gasteiger partial charge in [0.25, 0.3) is 5.91 Å². The number of hydrogen-bond acceptors (Lipinski definition) is 6. The van der Waals surface area contributed by atoms with Crippen LogP contribution in [0.1, 0.15) is 29.3 Å². The fourth-order valence-corrected chi connectivity index (χ4v) is 2.83. The lowest BCUT2D eigenvalue weighted by atomic mass is 10.1. The summed E-state index contributed by atoms with van der Waals surface area (Å²) in [7, 11) is 1.52. The molecule has 0 unspecified atom stereocenters. The standard InChI is InChI=1S/C21H22N2O5/c1-3-27-19-13-16(9-10-18(19)26-2)21(25)28-14-20(24)23-12-11-17(22-23)15-7-5-4-6-8-15/h4-10,13H,3,11-12,14H2,1-2H3. The van der Waals surface area contributed by atoms with Crippen molar-refractivity contribution in [2.45, 2.75) is 13.3 Å². The molecule has 0 saturated carbocycles. The fourth-order valence-electron chi connectivity index (χ4n) is 2.83. The summed E-state index contributed by atoms with van der Waals surface area (Å²) in [5, 5.41) is 5.69. The van der Waals surface area contributed by atoms with Crippen molar-refractivity contribution in [2.24, 2.45) is 5.10 Å². The quantitative estimate of drug-likeness (QED) is 0.688. The maximum absolute atomic E-state index is 12.3. The van der Waals surface area contributed by atoms with Crippen LogP contribution in [0.4, 0.5) is 0 Å². The van der Waals surface area contributed by atoms with Crippen LogP contribution in [0.2, 0.25) is 0 Å². The Morgan fingerprint density at radius 2 is 1.89 bits per heavy atom. The second kappa shape index (κ2) is 9.03. The lowest BCUT2D eigenvalue weighted by Gasteiger charge is -2.13. The SMILES string of the molecule is CCOc1cc(C(=O)OCC(=O)N2CCC(c3ccccc3)=N2)ccc1OC. The average molecular weight is 382 g/mol. The molecule has 1 heterocycles. The average Bonchev–Trinajstić information content (AvgIpc) is 3.23. The number of rotatable bonds is 7. The summed E-state index contributed by atoms with van der Waals surface area (Å²) in [6.07, 6.45) is 0.667. The van der Waals surface area contributed by atoms with Gasteiger partial charge in [0.1, 0.15) is 0 Å². The number of carbonyl (C=O) groups excluding carboxylic acids is 2. The molecule has 7 heteroatoms. The predicted octanol–water partition coefficient (Wildman–Crippen LogP) is 2.89. The van der Waals surface area contributed by atoms with E-state index in [1.54, 1.807) is 12.1 Å². The molecule has 1 aliphatic heterocycles. The Bertz CT molecular complexity index is 880. The van der Waals surface area contributed by atoms with E-state index in [0.29, 0.717) is 31.1 Å². The van der Waals surface area contributed by atoms with Crippen molar-refractivity contribution >= 4 is 17.6 Å². The van der Waals surface area contributed by atoms with E-state index in [1.807, 2.05) is 37.3 Å². The molecule has 3 rings (SSSR count). The molecule has 1 aliphatic rings. The van der Waals surface area contributed by atoms with Crippen LogP contribution >= 0.6 is 0 Å². The maximum Gasteiger partial charge on any atom is 0.338 e. The van der Waals surface area contributed by atoms with Crippen LogP contribution in [-0.4, -0.2) is 49.5 Å². The van der Waals surface area contributed by atoms with Crippen molar-refractivity contribution in [3.05, 3.63) is 59.7 Å². The molecule has 2 aromatic carbocycles. The number of benzene rings is 2. The first-order valence-corrected chi connectivity index (χ1v) is 9.03. The van der Waals surface area contributed by atoms with Crippen molar-refractivity contribution < 1.29 is 23.8 Å². The molecule has 0 saturated heterocycles. The molecule has 28 heavy (non-hydrogen) atoms. The summed E-state index contributed by atoms with van der Waals surface area (Å²) < 4.78 is 15.8. The van der Waals surface area contributed by atoms with Gasteiger partial charge in [0.05, 0.1) is 31.5 Å².